The van der Waals surface area contributed by atoms with Crippen molar-refractivity contribution in [1.82, 2.24) is 20.2 Å². The van der Waals surface area contributed by atoms with Crippen LogP contribution in [0, 0.1) is 0 Å². The fourth-order valence-corrected chi connectivity index (χ4v) is 3.41. The molecule has 7 nitrogen and oxygen atoms in total. The van der Waals surface area contributed by atoms with E-state index in [0.29, 0.717) is 11.6 Å². The Morgan fingerprint density at radius 2 is 1.76 bits per heavy atom. The molecule has 0 spiro atoms. The molecule has 2 aromatic carbocycles. The van der Waals surface area contributed by atoms with Crippen LogP contribution in [0.25, 0.3) is 22.1 Å². The van der Waals surface area contributed by atoms with Crippen molar-refractivity contribution < 1.29 is 0 Å². The van der Waals surface area contributed by atoms with E-state index in [0.717, 1.165) is 47.9 Å². The van der Waals surface area contributed by atoms with Gasteiger partial charge in [-0.25, -0.2) is 5.43 Å². The maximum Gasteiger partial charge on any atom is 0.265 e. The zero-order valence-corrected chi connectivity index (χ0v) is 16.8. The maximum absolute atomic E-state index is 4.46. The van der Waals surface area contributed by atoms with Crippen molar-refractivity contribution in [2.75, 3.05) is 23.4 Å². The highest BCUT2D eigenvalue weighted by Gasteiger charge is 2.08. The number of aromatic nitrogens is 4. The molecule has 0 aliphatic carbocycles. The van der Waals surface area contributed by atoms with Gasteiger partial charge in [0.05, 0.1) is 6.21 Å². The second-order valence-corrected chi connectivity index (χ2v) is 6.95. The van der Waals surface area contributed by atoms with Crippen LogP contribution in [-0.4, -0.2) is 39.5 Å². The molecule has 4 aromatic rings. The molecule has 148 valence electrons. The van der Waals surface area contributed by atoms with Gasteiger partial charge >= 0.3 is 0 Å². The summed E-state index contributed by atoms with van der Waals surface area (Å²) in [5.41, 5.74) is 7.56. The summed E-state index contributed by atoms with van der Waals surface area (Å²) in [5, 5.41) is 13.7. The summed E-state index contributed by atoms with van der Waals surface area (Å²) >= 11 is 0. The van der Waals surface area contributed by atoms with E-state index >= 15 is 0 Å². The number of fused-ring (bicyclic) bond motifs is 3. The van der Waals surface area contributed by atoms with Gasteiger partial charge in [-0.15, -0.1) is 10.2 Å². The molecule has 0 radical (unpaired) electrons. The van der Waals surface area contributed by atoms with Crippen molar-refractivity contribution in [2.45, 2.75) is 26.7 Å². The third-order valence-electron chi connectivity index (χ3n) is 4.75. The third-order valence-corrected chi connectivity index (χ3v) is 4.75. The Kier molecular flexibility index (Phi) is 5.65. The van der Waals surface area contributed by atoms with E-state index in [4.69, 9.17) is 0 Å². The lowest BCUT2D eigenvalue weighted by Gasteiger charge is -2.23. The molecule has 0 bridgehead atoms. The summed E-state index contributed by atoms with van der Waals surface area (Å²) < 4.78 is 0. The van der Waals surface area contributed by atoms with Crippen molar-refractivity contribution in [3.05, 3.63) is 54.1 Å². The van der Waals surface area contributed by atoms with E-state index in [9.17, 15) is 0 Å². The summed E-state index contributed by atoms with van der Waals surface area (Å²) in [6, 6.07) is 16.4. The molecule has 2 aromatic heterocycles. The normalized spacial score (nSPS) is 11.5. The SMILES string of the molecule is CCCN(CCC)c1ccc(C=NNc2nnc3c(n2)[nH]c2ccccc23)cc1. The van der Waals surface area contributed by atoms with E-state index < -0.39 is 0 Å². The van der Waals surface area contributed by atoms with E-state index in [1.165, 1.54) is 5.69 Å². The Bertz CT molecular complexity index is 1110. The molecule has 0 unspecified atom stereocenters. The molecule has 0 saturated heterocycles. The largest absolute Gasteiger partial charge is 0.372 e. The minimum absolute atomic E-state index is 0.356. The van der Waals surface area contributed by atoms with Gasteiger partial charge in [-0.3, -0.25) is 0 Å². The van der Waals surface area contributed by atoms with Crippen LogP contribution in [0.1, 0.15) is 32.3 Å². The number of para-hydroxylation sites is 1. The van der Waals surface area contributed by atoms with Gasteiger partial charge in [0.1, 0.15) is 5.52 Å². The van der Waals surface area contributed by atoms with Crippen LogP contribution >= 0.6 is 0 Å². The summed E-state index contributed by atoms with van der Waals surface area (Å²) in [5.74, 6) is 0.356. The molecule has 0 amide bonds. The molecule has 29 heavy (non-hydrogen) atoms. The van der Waals surface area contributed by atoms with Crippen molar-refractivity contribution in [3.8, 4) is 0 Å². The van der Waals surface area contributed by atoms with E-state index in [1.807, 2.05) is 24.3 Å². The first-order valence-electron chi connectivity index (χ1n) is 10.0. The lowest BCUT2D eigenvalue weighted by Crippen LogP contribution is -2.24. The van der Waals surface area contributed by atoms with E-state index in [-0.39, 0.29) is 0 Å². The van der Waals surface area contributed by atoms with Gasteiger partial charge in [-0.05, 0) is 36.6 Å². The fraction of sp³-hybridized carbons (Fsp3) is 0.273. The molecule has 2 heterocycles. The maximum atomic E-state index is 4.46. The molecule has 7 heteroatoms. The topological polar surface area (TPSA) is 82.1 Å². The summed E-state index contributed by atoms with van der Waals surface area (Å²) in [6.45, 7) is 6.56. The number of rotatable bonds is 8. The average molecular weight is 387 g/mol. The van der Waals surface area contributed by atoms with Gasteiger partial charge < -0.3 is 9.88 Å². The van der Waals surface area contributed by atoms with Crippen LogP contribution in [0.4, 0.5) is 11.6 Å². The van der Waals surface area contributed by atoms with Crippen LogP contribution in [0.15, 0.2) is 53.6 Å². The molecule has 0 fully saturated rings. The number of nitrogens with zero attached hydrogens (tertiary/aromatic N) is 5. The number of anilines is 2. The Hall–Kier alpha value is -3.48. The highest BCUT2D eigenvalue weighted by molar-refractivity contribution is 6.03. The number of nitrogens with one attached hydrogen (secondary N) is 2. The Morgan fingerprint density at radius 3 is 2.52 bits per heavy atom. The van der Waals surface area contributed by atoms with Crippen LogP contribution in [-0.2, 0) is 0 Å². The molecule has 4 rings (SSSR count). The smallest absolute Gasteiger partial charge is 0.265 e. The van der Waals surface area contributed by atoms with Gasteiger partial charge in [-0.2, -0.15) is 10.1 Å². The number of hydrazone groups is 1. The van der Waals surface area contributed by atoms with Gasteiger partial charge in [0.25, 0.3) is 5.95 Å². The van der Waals surface area contributed by atoms with Crippen molar-refractivity contribution in [3.63, 3.8) is 0 Å². The van der Waals surface area contributed by atoms with Crippen molar-refractivity contribution in [1.29, 1.82) is 0 Å². The molecule has 0 aliphatic heterocycles. The van der Waals surface area contributed by atoms with Crippen molar-refractivity contribution >= 4 is 39.9 Å². The van der Waals surface area contributed by atoms with Crippen molar-refractivity contribution in [2.24, 2.45) is 5.10 Å². The average Bonchev–Trinajstić information content (AvgIpc) is 3.12. The molecule has 2 N–H and O–H groups in total. The number of H-pyrrole nitrogens is 1. The Morgan fingerprint density at radius 1 is 1.00 bits per heavy atom. The molecule has 0 atom stereocenters. The highest BCUT2D eigenvalue weighted by atomic mass is 15.4. The zero-order chi connectivity index (χ0) is 20.1. The molecule has 0 saturated carbocycles. The summed E-state index contributed by atoms with van der Waals surface area (Å²) in [6.07, 6.45) is 4.04. The first-order valence-corrected chi connectivity index (χ1v) is 10.0. The lowest BCUT2D eigenvalue weighted by molar-refractivity contribution is 0.745. The van der Waals surface area contributed by atoms with Gasteiger partial charge in [0.15, 0.2) is 5.65 Å². The Labute approximate surface area is 169 Å². The fourth-order valence-electron chi connectivity index (χ4n) is 3.41. The first kappa shape index (κ1) is 18.9. The number of benzene rings is 2. The predicted molar refractivity (Wildman–Crippen MR) is 120 cm³/mol. The van der Waals surface area contributed by atoms with Crippen LogP contribution in [0.5, 0.6) is 0 Å². The lowest BCUT2D eigenvalue weighted by atomic mass is 10.2. The number of aromatic amines is 1. The molecule has 0 aliphatic rings. The van der Waals surface area contributed by atoms with Gasteiger partial charge in [0, 0.05) is 29.7 Å². The minimum atomic E-state index is 0.356. The minimum Gasteiger partial charge on any atom is -0.372 e. The van der Waals surface area contributed by atoms with E-state index in [2.05, 4.69) is 73.7 Å². The summed E-state index contributed by atoms with van der Waals surface area (Å²) in [7, 11) is 0. The molecular formula is C22H25N7. The first-order chi connectivity index (χ1) is 14.3. The summed E-state index contributed by atoms with van der Waals surface area (Å²) in [4.78, 5) is 10.1. The Balaban J connectivity index is 1.45. The van der Waals surface area contributed by atoms with Crippen LogP contribution < -0.4 is 10.3 Å². The van der Waals surface area contributed by atoms with Crippen LogP contribution in [0.3, 0.4) is 0 Å². The second-order valence-electron chi connectivity index (χ2n) is 6.95. The zero-order valence-electron chi connectivity index (χ0n) is 16.8. The monoisotopic (exact) mass is 387 g/mol. The van der Waals surface area contributed by atoms with Gasteiger partial charge in [0.2, 0.25) is 0 Å². The molecular weight excluding hydrogens is 362 g/mol. The number of hydrogen-bond donors (Lipinski definition) is 2. The third kappa shape index (κ3) is 4.18. The van der Waals surface area contributed by atoms with E-state index in [1.54, 1.807) is 6.21 Å². The highest BCUT2D eigenvalue weighted by Crippen LogP contribution is 2.21. The van der Waals surface area contributed by atoms with Crippen LogP contribution in [0.2, 0.25) is 0 Å². The standard InChI is InChI=1S/C22H25N7/c1-3-13-29(14-4-2)17-11-9-16(10-12-17)15-23-27-22-25-21-20(26-28-22)18-7-5-6-8-19(18)24-21/h5-12,15H,3-4,13-14H2,1-2H3,(H2,24,25,27,28). The van der Waals surface area contributed by atoms with Gasteiger partial charge in [-0.1, -0.05) is 44.2 Å². The second kappa shape index (κ2) is 8.68. The predicted octanol–water partition coefficient (Wildman–Crippen LogP) is 4.58. The quantitative estimate of drug-likeness (QED) is 0.342. The number of hydrogen-bond acceptors (Lipinski definition) is 6.